The van der Waals surface area contributed by atoms with Crippen molar-refractivity contribution in [3.63, 3.8) is 0 Å². The van der Waals surface area contributed by atoms with Gasteiger partial charge in [-0.1, -0.05) is 97.1 Å². The van der Waals surface area contributed by atoms with Crippen LogP contribution in [0.4, 0.5) is 17.1 Å². The van der Waals surface area contributed by atoms with Crippen LogP contribution in [0.5, 0.6) is 0 Å². The molecular formula is C40H26N2S. The average molecular weight is 567 g/mol. The first-order valence-electron chi connectivity index (χ1n) is 14.6. The molecule has 0 radical (unpaired) electrons. The SMILES string of the molecule is c1ccc(N(c2ccc3c(c2)c2ccccc2n3-c2ccccc2)c2cccc3c2sc2ccc4ccccc4c23)cc1. The van der Waals surface area contributed by atoms with Crippen molar-refractivity contribution in [1.29, 1.82) is 0 Å². The van der Waals surface area contributed by atoms with Gasteiger partial charge in [0.25, 0.3) is 0 Å². The normalized spacial score (nSPS) is 11.7. The van der Waals surface area contributed by atoms with Crippen LogP contribution in [0.15, 0.2) is 158 Å². The molecule has 9 rings (SSSR count). The third-order valence-electron chi connectivity index (χ3n) is 8.55. The lowest BCUT2D eigenvalue weighted by Gasteiger charge is -2.26. The predicted molar refractivity (Wildman–Crippen MR) is 186 cm³/mol. The Morgan fingerprint density at radius 1 is 0.465 bits per heavy atom. The number of hydrogen-bond acceptors (Lipinski definition) is 2. The largest absolute Gasteiger partial charge is 0.309 e. The van der Waals surface area contributed by atoms with Crippen molar-refractivity contribution in [1.82, 2.24) is 4.57 Å². The number of nitrogens with zero attached hydrogens (tertiary/aromatic N) is 2. The van der Waals surface area contributed by atoms with Crippen molar-refractivity contribution < 1.29 is 0 Å². The van der Waals surface area contributed by atoms with Gasteiger partial charge in [0, 0.05) is 43.3 Å². The van der Waals surface area contributed by atoms with Gasteiger partial charge in [0.05, 0.1) is 21.4 Å². The molecule has 7 aromatic carbocycles. The summed E-state index contributed by atoms with van der Waals surface area (Å²) < 4.78 is 4.99. The Morgan fingerprint density at radius 3 is 2.02 bits per heavy atom. The summed E-state index contributed by atoms with van der Waals surface area (Å²) in [5.41, 5.74) is 7.07. The third-order valence-corrected chi connectivity index (χ3v) is 9.74. The van der Waals surface area contributed by atoms with Crippen LogP contribution in [0.2, 0.25) is 0 Å². The maximum atomic E-state index is 2.42. The second-order valence-electron chi connectivity index (χ2n) is 11.0. The van der Waals surface area contributed by atoms with Gasteiger partial charge in [0.1, 0.15) is 0 Å². The fraction of sp³-hybridized carbons (Fsp3) is 0. The molecule has 9 aromatic rings. The maximum absolute atomic E-state index is 2.42. The number of benzene rings is 7. The monoisotopic (exact) mass is 566 g/mol. The third kappa shape index (κ3) is 3.72. The molecule has 202 valence electrons. The standard InChI is InChI=1S/C40H26N2S/c1-3-13-28(14-4-1)41(37-21-11-19-33-39-31-17-8-7-12-27(31)22-25-38(39)43-40(33)37)30-23-24-36-34(26-30)32-18-9-10-20-35(32)42(36)29-15-5-2-6-16-29/h1-26H. The first-order chi connectivity index (χ1) is 21.3. The molecule has 0 atom stereocenters. The van der Waals surface area contributed by atoms with E-state index in [1.54, 1.807) is 0 Å². The van der Waals surface area contributed by atoms with Crippen molar-refractivity contribution >= 4 is 81.1 Å². The second kappa shape index (κ2) is 9.59. The Balaban J connectivity index is 1.33. The Morgan fingerprint density at radius 2 is 1.16 bits per heavy atom. The van der Waals surface area contributed by atoms with E-state index in [2.05, 4.69) is 167 Å². The highest BCUT2D eigenvalue weighted by molar-refractivity contribution is 7.26. The van der Waals surface area contributed by atoms with E-state index in [4.69, 9.17) is 0 Å². The maximum Gasteiger partial charge on any atom is 0.0640 e. The number of aromatic nitrogens is 1. The van der Waals surface area contributed by atoms with Gasteiger partial charge >= 0.3 is 0 Å². The summed E-state index contributed by atoms with van der Waals surface area (Å²) in [6.07, 6.45) is 0. The highest BCUT2D eigenvalue weighted by Gasteiger charge is 2.20. The zero-order chi connectivity index (χ0) is 28.3. The molecule has 0 spiro atoms. The summed E-state index contributed by atoms with van der Waals surface area (Å²) in [5, 5.41) is 7.73. The summed E-state index contributed by atoms with van der Waals surface area (Å²) in [7, 11) is 0. The fourth-order valence-corrected chi connectivity index (χ4v) is 7.91. The Kier molecular flexibility index (Phi) is 5.40. The molecule has 0 amide bonds. The van der Waals surface area contributed by atoms with E-state index in [9.17, 15) is 0 Å². The van der Waals surface area contributed by atoms with Gasteiger partial charge in [-0.25, -0.2) is 0 Å². The molecule has 0 unspecified atom stereocenters. The number of anilines is 3. The lowest BCUT2D eigenvalue weighted by Crippen LogP contribution is -2.10. The molecule has 0 N–H and O–H groups in total. The van der Waals surface area contributed by atoms with Gasteiger partial charge in [0.2, 0.25) is 0 Å². The van der Waals surface area contributed by atoms with Gasteiger partial charge in [-0.3, -0.25) is 0 Å². The van der Waals surface area contributed by atoms with Crippen molar-refractivity contribution in [2.45, 2.75) is 0 Å². The van der Waals surface area contributed by atoms with Gasteiger partial charge in [0.15, 0.2) is 0 Å². The first kappa shape index (κ1) is 24.2. The molecule has 0 bridgehead atoms. The van der Waals surface area contributed by atoms with E-state index in [0.29, 0.717) is 0 Å². The molecule has 2 aromatic heterocycles. The van der Waals surface area contributed by atoms with Crippen LogP contribution >= 0.6 is 11.3 Å². The quantitative estimate of drug-likeness (QED) is 0.206. The van der Waals surface area contributed by atoms with Crippen LogP contribution in [-0.4, -0.2) is 4.57 Å². The van der Waals surface area contributed by atoms with Crippen molar-refractivity contribution in [3.05, 3.63) is 158 Å². The van der Waals surface area contributed by atoms with E-state index in [1.165, 1.54) is 64.1 Å². The highest BCUT2D eigenvalue weighted by atomic mass is 32.1. The number of rotatable bonds is 4. The minimum absolute atomic E-state index is 1.14. The Labute approximate surface area is 253 Å². The van der Waals surface area contributed by atoms with Gasteiger partial charge in [-0.15, -0.1) is 11.3 Å². The lowest BCUT2D eigenvalue weighted by atomic mass is 10.0. The second-order valence-corrected chi connectivity index (χ2v) is 12.0. The molecule has 0 saturated heterocycles. The van der Waals surface area contributed by atoms with E-state index in [0.717, 1.165) is 11.4 Å². The number of thiophene rings is 1. The molecule has 0 aliphatic carbocycles. The van der Waals surface area contributed by atoms with E-state index in [1.807, 2.05) is 11.3 Å². The Hall–Kier alpha value is -5.38. The van der Waals surface area contributed by atoms with Crippen molar-refractivity contribution in [2.24, 2.45) is 0 Å². The predicted octanol–water partition coefficient (Wildman–Crippen LogP) is 11.8. The summed E-state index contributed by atoms with van der Waals surface area (Å²) in [4.78, 5) is 2.42. The molecule has 43 heavy (non-hydrogen) atoms. The zero-order valence-corrected chi connectivity index (χ0v) is 24.1. The van der Waals surface area contributed by atoms with Gasteiger partial charge in [-0.2, -0.15) is 0 Å². The topological polar surface area (TPSA) is 8.17 Å². The molecule has 3 heteroatoms. The molecule has 0 saturated carbocycles. The first-order valence-corrected chi connectivity index (χ1v) is 15.4. The van der Waals surface area contributed by atoms with E-state index < -0.39 is 0 Å². The molecular weight excluding hydrogens is 541 g/mol. The smallest absolute Gasteiger partial charge is 0.0640 e. The summed E-state index contributed by atoms with van der Waals surface area (Å²) in [6, 6.07) is 57.1. The minimum atomic E-state index is 1.14. The van der Waals surface area contributed by atoms with Crippen molar-refractivity contribution in [3.8, 4) is 5.69 Å². The van der Waals surface area contributed by atoms with Crippen LogP contribution in [0.3, 0.4) is 0 Å². The Bertz CT molecular complexity index is 2450. The van der Waals surface area contributed by atoms with Crippen LogP contribution in [0.25, 0.3) is 58.4 Å². The highest BCUT2D eigenvalue weighted by Crippen LogP contribution is 2.47. The molecule has 2 heterocycles. The number of fused-ring (bicyclic) bond motifs is 8. The van der Waals surface area contributed by atoms with Crippen LogP contribution in [0, 0.1) is 0 Å². The number of para-hydroxylation sites is 3. The zero-order valence-electron chi connectivity index (χ0n) is 23.3. The van der Waals surface area contributed by atoms with E-state index in [-0.39, 0.29) is 0 Å². The summed E-state index contributed by atoms with van der Waals surface area (Å²) in [6.45, 7) is 0. The van der Waals surface area contributed by atoms with Crippen LogP contribution in [-0.2, 0) is 0 Å². The molecule has 0 fully saturated rings. The van der Waals surface area contributed by atoms with Gasteiger partial charge < -0.3 is 9.47 Å². The van der Waals surface area contributed by atoms with Gasteiger partial charge in [-0.05, 0) is 71.4 Å². The molecule has 0 aliphatic heterocycles. The summed E-state index contributed by atoms with van der Waals surface area (Å²) >= 11 is 1.88. The number of hydrogen-bond donors (Lipinski definition) is 0. The van der Waals surface area contributed by atoms with Crippen LogP contribution in [0.1, 0.15) is 0 Å². The molecule has 2 nitrogen and oxygen atoms in total. The summed E-state index contributed by atoms with van der Waals surface area (Å²) in [5.74, 6) is 0. The lowest BCUT2D eigenvalue weighted by molar-refractivity contribution is 1.18. The minimum Gasteiger partial charge on any atom is -0.309 e. The average Bonchev–Trinajstić information content (AvgIpc) is 3.62. The fourth-order valence-electron chi connectivity index (χ4n) is 6.69. The van der Waals surface area contributed by atoms with E-state index >= 15 is 0 Å². The van der Waals surface area contributed by atoms with Crippen molar-refractivity contribution in [2.75, 3.05) is 4.90 Å². The molecule has 0 aliphatic rings. The van der Waals surface area contributed by atoms with Crippen LogP contribution < -0.4 is 4.90 Å².